The highest BCUT2D eigenvalue weighted by atomic mass is 16.5. The Morgan fingerprint density at radius 1 is 1.32 bits per heavy atom. The summed E-state index contributed by atoms with van der Waals surface area (Å²) in [6, 6.07) is 0.521. The molecule has 3 heteroatoms. The maximum absolute atomic E-state index is 6.04. The van der Waals surface area contributed by atoms with Crippen LogP contribution in [0.15, 0.2) is 0 Å². The van der Waals surface area contributed by atoms with Gasteiger partial charge in [-0.3, -0.25) is 0 Å². The normalized spacial score (nSPS) is 27.2. The molecule has 2 fully saturated rings. The lowest BCUT2D eigenvalue weighted by Crippen LogP contribution is -2.51. The summed E-state index contributed by atoms with van der Waals surface area (Å²) < 4.78 is 11.9. The van der Waals surface area contributed by atoms with Crippen LogP contribution in [0, 0.1) is 5.92 Å². The molecule has 1 saturated heterocycles. The van der Waals surface area contributed by atoms with Crippen molar-refractivity contribution in [3.63, 3.8) is 0 Å². The van der Waals surface area contributed by atoms with Crippen molar-refractivity contribution in [2.24, 2.45) is 5.92 Å². The van der Waals surface area contributed by atoms with E-state index in [1.807, 2.05) is 0 Å². The molecule has 1 aliphatic carbocycles. The molecule has 0 amide bonds. The van der Waals surface area contributed by atoms with E-state index < -0.39 is 0 Å². The van der Waals surface area contributed by atoms with Gasteiger partial charge in [-0.05, 0) is 57.4 Å². The maximum Gasteiger partial charge on any atom is 0.0685 e. The number of hydrogen-bond donors (Lipinski definition) is 1. The molecule has 3 nitrogen and oxygen atoms in total. The second-order valence-electron chi connectivity index (χ2n) is 6.27. The van der Waals surface area contributed by atoms with Crippen molar-refractivity contribution in [2.75, 3.05) is 26.4 Å². The molecule has 1 saturated carbocycles. The molecule has 2 rings (SSSR count). The first-order chi connectivity index (χ1) is 9.29. The molecule has 0 aromatic heterocycles. The van der Waals surface area contributed by atoms with Gasteiger partial charge in [-0.15, -0.1) is 0 Å². The predicted molar refractivity (Wildman–Crippen MR) is 78.4 cm³/mol. The molecule has 1 N–H and O–H groups in total. The Balaban J connectivity index is 1.84. The summed E-state index contributed by atoms with van der Waals surface area (Å²) >= 11 is 0. The number of rotatable bonds is 8. The van der Waals surface area contributed by atoms with E-state index in [0.717, 1.165) is 38.7 Å². The number of ether oxygens (including phenoxy) is 2. The first-order valence-corrected chi connectivity index (χ1v) is 8.25. The van der Waals surface area contributed by atoms with Crippen LogP contribution in [0.1, 0.15) is 58.8 Å². The van der Waals surface area contributed by atoms with Crippen LogP contribution >= 0.6 is 0 Å². The quantitative estimate of drug-likeness (QED) is 0.687. The van der Waals surface area contributed by atoms with E-state index in [-0.39, 0.29) is 5.60 Å². The molecular weight excluding hydrogens is 238 g/mol. The van der Waals surface area contributed by atoms with Crippen molar-refractivity contribution in [3.8, 4) is 0 Å². The van der Waals surface area contributed by atoms with Crippen molar-refractivity contribution >= 4 is 0 Å². The van der Waals surface area contributed by atoms with Gasteiger partial charge in [0.05, 0.1) is 12.2 Å². The fourth-order valence-corrected chi connectivity index (χ4v) is 3.37. The summed E-state index contributed by atoms with van der Waals surface area (Å²) in [7, 11) is 0. The lowest BCUT2D eigenvalue weighted by molar-refractivity contribution is -0.149. The first-order valence-electron chi connectivity index (χ1n) is 8.25. The molecule has 0 aromatic carbocycles. The second kappa shape index (κ2) is 7.61. The zero-order valence-corrected chi connectivity index (χ0v) is 12.7. The third-order valence-corrected chi connectivity index (χ3v) is 4.67. The third kappa shape index (κ3) is 4.17. The summed E-state index contributed by atoms with van der Waals surface area (Å²) in [6.45, 7) is 8.21. The van der Waals surface area contributed by atoms with E-state index in [2.05, 4.69) is 19.2 Å². The van der Waals surface area contributed by atoms with Crippen LogP contribution in [-0.4, -0.2) is 38.0 Å². The topological polar surface area (TPSA) is 30.5 Å². The van der Waals surface area contributed by atoms with Gasteiger partial charge in [0.15, 0.2) is 0 Å². The van der Waals surface area contributed by atoms with E-state index in [9.17, 15) is 0 Å². The van der Waals surface area contributed by atoms with Crippen molar-refractivity contribution in [2.45, 2.75) is 70.4 Å². The van der Waals surface area contributed by atoms with E-state index in [1.165, 1.54) is 38.5 Å². The molecule has 1 spiro atoms. The maximum atomic E-state index is 6.04. The Morgan fingerprint density at radius 2 is 2.16 bits per heavy atom. The molecule has 0 radical (unpaired) electrons. The molecule has 2 unspecified atom stereocenters. The molecule has 2 atom stereocenters. The monoisotopic (exact) mass is 269 g/mol. The van der Waals surface area contributed by atoms with Crippen LogP contribution < -0.4 is 5.32 Å². The second-order valence-corrected chi connectivity index (χ2v) is 6.27. The minimum Gasteiger partial charge on any atom is -0.380 e. The average Bonchev–Trinajstić information content (AvgIpc) is 2.41. The predicted octanol–water partition coefficient (Wildman–Crippen LogP) is 3.13. The highest BCUT2D eigenvalue weighted by Crippen LogP contribution is 2.44. The van der Waals surface area contributed by atoms with Crippen LogP contribution in [-0.2, 0) is 9.47 Å². The summed E-state index contributed by atoms with van der Waals surface area (Å²) in [5.74, 6) is 0.734. The fraction of sp³-hybridized carbons (Fsp3) is 1.00. The van der Waals surface area contributed by atoms with Crippen molar-refractivity contribution < 1.29 is 9.47 Å². The van der Waals surface area contributed by atoms with Gasteiger partial charge in [0.25, 0.3) is 0 Å². The minimum atomic E-state index is 0.250. The Bertz CT molecular complexity index is 253. The molecule has 1 aliphatic heterocycles. The molecule has 19 heavy (non-hydrogen) atoms. The van der Waals surface area contributed by atoms with Gasteiger partial charge in [-0.1, -0.05) is 13.8 Å². The zero-order chi connectivity index (χ0) is 13.6. The van der Waals surface area contributed by atoms with E-state index >= 15 is 0 Å². The van der Waals surface area contributed by atoms with Gasteiger partial charge in [0.2, 0.25) is 0 Å². The third-order valence-electron chi connectivity index (χ3n) is 4.67. The highest BCUT2D eigenvalue weighted by Gasteiger charge is 2.44. The van der Waals surface area contributed by atoms with Gasteiger partial charge in [-0.25, -0.2) is 0 Å². The molecule has 0 aromatic rings. The number of nitrogens with one attached hydrogen (secondary N) is 1. The van der Waals surface area contributed by atoms with Gasteiger partial charge in [-0.2, -0.15) is 0 Å². The highest BCUT2D eigenvalue weighted by molar-refractivity contribution is 4.96. The zero-order valence-electron chi connectivity index (χ0n) is 12.7. The van der Waals surface area contributed by atoms with Crippen molar-refractivity contribution in [1.82, 2.24) is 5.32 Å². The lowest BCUT2D eigenvalue weighted by atomic mass is 9.70. The first kappa shape index (κ1) is 15.3. The van der Waals surface area contributed by atoms with Crippen LogP contribution in [0.25, 0.3) is 0 Å². The van der Waals surface area contributed by atoms with Gasteiger partial charge in [0, 0.05) is 19.3 Å². The molecular formula is C16H31NO2. The van der Waals surface area contributed by atoms with Crippen LogP contribution in [0.2, 0.25) is 0 Å². The molecule has 0 bridgehead atoms. The van der Waals surface area contributed by atoms with Crippen LogP contribution in [0.5, 0.6) is 0 Å². The summed E-state index contributed by atoms with van der Waals surface area (Å²) in [4.78, 5) is 0. The molecule has 112 valence electrons. The van der Waals surface area contributed by atoms with Gasteiger partial charge < -0.3 is 14.8 Å². The van der Waals surface area contributed by atoms with E-state index in [4.69, 9.17) is 9.47 Å². The smallest absolute Gasteiger partial charge is 0.0685 e. The van der Waals surface area contributed by atoms with Crippen LogP contribution in [0.3, 0.4) is 0 Å². The van der Waals surface area contributed by atoms with E-state index in [1.54, 1.807) is 0 Å². The SMILES string of the molecule is CCCNC(COCCC)C1CCOC2(CCC2)C1. The van der Waals surface area contributed by atoms with Gasteiger partial charge >= 0.3 is 0 Å². The Labute approximate surface area is 118 Å². The largest absolute Gasteiger partial charge is 0.380 e. The Morgan fingerprint density at radius 3 is 2.79 bits per heavy atom. The summed E-state index contributed by atoms with van der Waals surface area (Å²) in [5.41, 5.74) is 0.250. The van der Waals surface area contributed by atoms with Crippen LogP contribution in [0.4, 0.5) is 0 Å². The lowest BCUT2D eigenvalue weighted by Gasteiger charge is -2.48. The summed E-state index contributed by atoms with van der Waals surface area (Å²) in [5, 5.41) is 3.70. The van der Waals surface area contributed by atoms with E-state index in [0.29, 0.717) is 6.04 Å². The summed E-state index contributed by atoms with van der Waals surface area (Å²) in [6.07, 6.45) is 8.64. The Kier molecular flexibility index (Phi) is 6.11. The van der Waals surface area contributed by atoms with Gasteiger partial charge in [0.1, 0.15) is 0 Å². The van der Waals surface area contributed by atoms with Crippen molar-refractivity contribution in [3.05, 3.63) is 0 Å². The molecule has 1 heterocycles. The minimum absolute atomic E-state index is 0.250. The molecule has 2 aliphatic rings. The van der Waals surface area contributed by atoms with Crippen molar-refractivity contribution in [1.29, 1.82) is 0 Å². The standard InChI is InChI=1S/C16H31NO2/c1-3-9-17-15(13-18-10-4-2)14-6-11-19-16(12-14)7-5-8-16/h14-15,17H,3-13H2,1-2H3. The fourth-order valence-electron chi connectivity index (χ4n) is 3.37. The Hall–Kier alpha value is -0.120. The number of hydrogen-bond acceptors (Lipinski definition) is 3. The average molecular weight is 269 g/mol.